The summed E-state index contributed by atoms with van der Waals surface area (Å²) in [4.78, 5) is 11.9. The van der Waals surface area contributed by atoms with Crippen LogP contribution < -0.4 is 5.32 Å². The SMILES string of the molecule is O=C(NCC(F)(F)F)C1CCN(S(=O)(=O)c2ccccc2)CC1. The van der Waals surface area contributed by atoms with Crippen LogP contribution in [0.4, 0.5) is 13.2 Å². The minimum atomic E-state index is -4.45. The minimum absolute atomic E-state index is 0.112. The fraction of sp³-hybridized carbons (Fsp3) is 0.500. The molecule has 1 fully saturated rings. The number of alkyl halides is 3. The van der Waals surface area contributed by atoms with Gasteiger partial charge >= 0.3 is 6.18 Å². The molecule has 0 saturated carbocycles. The summed E-state index contributed by atoms with van der Waals surface area (Å²) in [5.41, 5.74) is 0. The number of hydrogen-bond acceptors (Lipinski definition) is 3. The molecule has 0 unspecified atom stereocenters. The zero-order chi connectivity index (χ0) is 17.1. The van der Waals surface area contributed by atoms with Crippen LogP contribution in [0, 0.1) is 5.92 Å². The average molecular weight is 350 g/mol. The first-order chi connectivity index (χ1) is 10.7. The van der Waals surface area contributed by atoms with Gasteiger partial charge in [-0.1, -0.05) is 18.2 Å². The molecule has 1 aromatic rings. The third-order valence-electron chi connectivity index (χ3n) is 3.67. The lowest BCUT2D eigenvalue weighted by Crippen LogP contribution is -2.44. The van der Waals surface area contributed by atoms with Crippen molar-refractivity contribution in [1.29, 1.82) is 0 Å². The third-order valence-corrected chi connectivity index (χ3v) is 5.58. The summed E-state index contributed by atoms with van der Waals surface area (Å²) in [6.07, 6.45) is -4.04. The molecule has 1 N–H and O–H groups in total. The second-order valence-corrected chi connectivity index (χ2v) is 7.26. The molecule has 5 nitrogen and oxygen atoms in total. The van der Waals surface area contributed by atoms with Gasteiger partial charge in [-0.15, -0.1) is 0 Å². The first-order valence-electron chi connectivity index (χ1n) is 7.10. The predicted octanol–water partition coefficient (Wildman–Crippen LogP) is 1.77. The Bertz CT molecular complexity index is 639. The summed E-state index contributed by atoms with van der Waals surface area (Å²) < 4.78 is 62.3. The van der Waals surface area contributed by atoms with Crippen molar-refractivity contribution in [3.8, 4) is 0 Å². The van der Waals surface area contributed by atoms with E-state index in [0.717, 1.165) is 0 Å². The molecule has 1 heterocycles. The lowest BCUT2D eigenvalue weighted by molar-refractivity contribution is -0.141. The number of rotatable bonds is 4. The number of sulfonamides is 1. The summed E-state index contributed by atoms with van der Waals surface area (Å²) >= 11 is 0. The molecular weight excluding hydrogens is 333 g/mol. The molecule has 1 saturated heterocycles. The van der Waals surface area contributed by atoms with Gasteiger partial charge in [-0.05, 0) is 25.0 Å². The van der Waals surface area contributed by atoms with Gasteiger partial charge in [0.1, 0.15) is 6.54 Å². The number of halogens is 3. The van der Waals surface area contributed by atoms with Crippen molar-refractivity contribution < 1.29 is 26.4 Å². The fourth-order valence-electron chi connectivity index (χ4n) is 2.43. The zero-order valence-electron chi connectivity index (χ0n) is 12.2. The second-order valence-electron chi connectivity index (χ2n) is 5.32. The van der Waals surface area contributed by atoms with Crippen LogP contribution in [-0.4, -0.2) is 44.4 Å². The van der Waals surface area contributed by atoms with Crippen molar-refractivity contribution in [2.24, 2.45) is 5.92 Å². The molecule has 9 heteroatoms. The molecule has 1 aliphatic rings. The Labute approximate surface area is 132 Å². The second kappa shape index (κ2) is 6.88. The molecule has 1 aromatic carbocycles. The molecule has 1 aliphatic heterocycles. The summed E-state index contributed by atoms with van der Waals surface area (Å²) in [5.74, 6) is -1.28. The van der Waals surface area contributed by atoms with Gasteiger partial charge in [-0.2, -0.15) is 17.5 Å². The molecule has 1 amide bonds. The molecule has 0 radical (unpaired) electrons. The first-order valence-corrected chi connectivity index (χ1v) is 8.54. The topological polar surface area (TPSA) is 66.5 Å². The lowest BCUT2D eigenvalue weighted by atomic mass is 9.97. The number of benzene rings is 1. The lowest BCUT2D eigenvalue weighted by Gasteiger charge is -2.30. The van der Waals surface area contributed by atoms with E-state index < -0.39 is 34.6 Å². The largest absolute Gasteiger partial charge is 0.405 e. The Kier molecular flexibility index (Phi) is 5.30. The maximum Gasteiger partial charge on any atom is 0.405 e. The highest BCUT2D eigenvalue weighted by atomic mass is 32.2. The van der Waals surface area contributed by atoms with Crippen molar-refractivity contribution >= 4 is 15.9 Å². The van der Waals surface area contributed by atoms with E-state index in [1.807, 2.05) is 5.32 Å². The summed E-state index contributed by atoms with van der Waals surface area (Å²) in [6, 6.07) is 7.90. The predicted molar refractivity (Wildman–Crippen MR) is 77.0 cm³/mol. The molecule has 0 atom stereocenters. The van der Waals surface area contributed by atoms with Crippen LogP contribution >= 0.6 is 0 Å². The van der Waals surface area contributed by atoms with E-state index >= 15 is 0 Å². The Morgan fingerprint density at radius 2 is 1.74 bits per heavy atom. The van der Waals surface area contributed by atoms with Gasteiger partial charge in [-0.3, -0.25) is 4.79 Å². The van der Waals surface area contributed by atoms with Crippen LogP contribution in [0.5, 0.6) is 0 Å². The summed E-state index contributed by atoms with van der Waals surface area (Å²) in [7, 11) is -3.63. The zero-order valence-corrected chi connectivity index (χ0v) is 13.0. The van der Waals surface area contributed by atoms with E-state index in [1.165, 1.54) is 16.4 Å². The Balaban J connectivity index is 1.92. The van der Waals surface area contributed by atoms with E-state index in [9.17, 15) is 26.4 Å². The maximum atomic E-state index is 12.4. The van der Waals surface area contributed by atoms with Gasteiger partial charge in [0, 0.05) is 19.0 Å². The normalized spacial score (nSPS) is 17.9. The van der Waals surface area contributed by atoms with Crippen molar-refractivity contribution in [2.75, 3.05) is 19.6 Å². The van der Waals surface area contributed by atoms with Crippen LogP contribution in [0.3, 0.4) is 0 Å². The van der Waals surface area contributed by atoms with Gasteiger partial charge in [0.05, 0.1) is 4.90 Å². The molecule has 0 aromatic heterocycles. The monoisotopic (exact) mass is 350 g/mol. The van der Waals surface area contributed by atoms with E-state index in [-0.39, 0.29) is 30.8 Å². The molecule has 0 bridgehead atoms. The van der Waals surface area contributed by atoms with E-state index in [2.05, 4.69) is 0 Å². The summed E-state index contributed by atoms with van der Waals surface area (Å²) in [5, 5.41) is 1.85. The van der Waals surface area contributed by atoms with Crippen LogP contribution in [-0.2, 0) is 14.8 Å². The molecular formula is C14H17F3N2O3S. The number of piperidine rings is 1. The molecule has 0 spiro atoms. The maximum absolute atomic E-state index is 12.4. The number of amides is 1. The number of carbonyl (C=O) groups excluding carboxylic acids is 1. The van der Waals surface area contributed by atoms with Gasteiger partial charge < -0.3 is 5.32 Å². The first kappa shape index (κ1) is 17.7. The standard InChI is InChI=1S/C14H17F3N2O3S/c15-14(16,17)10-18-13(20)11-6-8-19(9-7-11)23(21,22)12-4-2-1-3-5-12/h1-5,11H,6-10H2,(H,18,20). The van der Waals surface area contributed by atoms with Gasteiger partial charge in [0.25, 0.3) is 0 Å². The van der Waals surface area contributed by atoms with Gasteiger partial charge in [0.2, 0.25) is 15.9 Å². The molecule has 23 heavy (non-hydrogen) atoms. The smallest absolute Gasteiger partial charge is 0.347 e. The highest BCUT2D eigenvalue weighted by molar-refractivity contribution is 7.89. The molecule has 0 aliphatic carbocycles. The summed E-state index contributed by atoms with van der Waals surface area (Å²) in [6.45, 7) is -1.14. The van der Waals surface area contributed by atoms with E-state index in [0.29, 0.717) is 0 Å². The number of carbonyl (C=O) groups is 1. The van der Waals surface area contributed by atoms with Crippen LogP contribution in [0.2, 0.25) is 0 Å². The number of nitrogens with one attached hydrogen (secondary N) is 1. The fourth-order valence-corrected chi connectivity index (χ4v) is 3.92. The average Bonchev–Trinajstić information content (AvgIpc) is 2.53. The van der Waals surface area contributed by atoms with Crippen LogP contribution in [0.25, 0.3) is 0 Å². The quantitative estimate of drug-likeness (QED) is 0.900. The third kappa shape index (κ3) is 4.68. The minimum Gasteiger partial charge on any atom is -0.347 e. The highest BCUT2D eigenvalue weighted by Crippen LogP contribution is 2.24. The Morgan fingerprint density at radius 1 is 1.17 bits per heavy atom. The van der Waals surface area contributed by atoms with Crippen molar-refractivity contribution in [3.05, 3.63) is 30.3 Å². The Morgan fingerprint density at radius 3 is 2.26 bits per heavy atom. The number of hydrogen-bond donors (Lipinski definition) is 1. The van der Waals surface area contributed by atoms with E-state index in [4.69, 9.17) is 0 Å². The molecule has 2 rings (SSSR count). The Hall–Kier alpha value is -1.61. The van der Waals surface area contributed by atoms with Gasteiger partial charge in [-0.25, -0.2) is 8.42 Å². The van der Waals surface area contributed by atoms with Gasteiger partial charge in [0.15, 0.2) is 0 Å². The van der Waals surface area contributed by atoms with Crippen molar-refractivity contribution in [3.63, 3.8) is 0 Å². The van der Waals surface area contributed by atoms with Crippen LogP contribution in [0.15, 0.2) is 35.2 Å². The molecule has 128 valence electrons. The number of nitrogens with zero attached hydrogens (tertiary/aromatic N) is 1. The van der Waals surface area contributed by atoms with Crippen molar-refractivity contribution in [2.45, 2.75) is 23.9 Å². The van der Waals surface area contributed by atoms with E-state index in [1.54, 1.807) is 18.2 Å². The van der Waals surface area contributed by atoms with Crippen molar-refractivity contribution in [1.82, 2.24) is 9.62 Å². The van der Waals surface area contributed by atoms with Crippen LogP contribution in [0.1, 0.15) is 12.8 Å². The highest BCUT2D eigenvalue weighted by Gasteiger charge is 2.34.